The number of carbonyl (C=O) groups is 1. The molecule has 2 heterocycles. The van der Waals surface area contributed by atoms with Crippen molar-refractivity contribution in [1.29, 1.82) is 0 Å². The summed E-state index contributed by atoms with van der Waals surface area (Å²) in [6, 6.07) is 8.16. The number of nitrogens with zero attached hydrogens (tertiary/aromatic N) is 3. The molecule has 5 heteroatoms. The molecule has 3 rings (SSSR count). The minimum absolute atomic E-state index is 0.0102. The Morgan fingerprint density at radius 2 is 2.23 bits per heavy atom. The third kappa shape index (κ3) is 3.18. The maximum atomic E-state index is 12.7. The van der Waals surface area contributed by atoms with Crippen molar-refractivity contribution in [1.82, 2.24) is 20.1 Å². The summed E-state index contributed by atoms with van der Waals surface area (Å²) in [5.41, 5.74) is 2.26. The minimum Gasteiger partial charge on any atom is -0.332 e. The molecule has 116 valence electrons. The first kappa shape index (κ1) is 14.8. The molecule has 0 spiro atoms. The molecule has 22 heavy (non-hydrogen) atoms. The average molecular weight is 298 g/mol. The van der Waals surface area contributed by atoms with Crippen molar-refractivity contribution in [2.75, 3.05) is 6.54 Å². The summed E-state index contributed by atoms with van der Waals surface area (Å²) >= 11 is 0. The Labute approximate surface area is 130 Å². The number of aryl methyl sites for hydroxylation is 2. The molecule has 1 aliphatic rings. The largest absolute Gasteiger partial charge is 0.332 e. The van der Waals surface area contributed by atoms with Gasteiger partial charge in [-0.25, -0.2) is 4.98 Å². The summed E-state index contributed by atoms with van der Waals surface area (Å²) in [6.07, 6.45) is 3.56. The lowest BCUT2D eigenvalue weighted by molar-refractivity contribution is -0.134. The molecule has 0 radical (unpaired) electrons. The molecule has 0 bridgehead atoms. The lowest BCUT2D eigenvalue weighted by Crippen LogP contribution is -2.39. The number of carbonyl (C=O) groups excluding carboxylic acids is 1. The molecule has 1 amide bonds. The highest BCUT2D eigenvalue weighted by atomic mass is 16.2. The first-order valence-corrected chi connectivity index (χ1v) is 7.87. The van der Waals surface area contributed by atoms with E-state index >= 15 is 0 Å². The van der Waals surface area contributed by atoms with Gasteiger partial charge in [-0.1, -0.05) is 29.8 Å². The van der Waals surface area contributed by atoms with Gasteiger partial charge in [0.05, 0.1) is 12.5 Å². The molecule has 1 fully saturated rings. The van der Waals surface area contributed by atoms with Crippen LogP contribution in [0.5, 0.6) is 0 Å². The molecule has 1 aromatic carbocycles. The maximum Gasteiger partial charge on any atom is 0.227 e. The molecule has 5 nitrogen and oxygen atoms in total. The van der Waals surface area contributed by atoms with Gasteiger partial charge in [-0.05, 0) is 38.7 Å². The number of hydrogen-bond acceptors (Lipinski definition) is 3. The van der Waals surface area contributed by atoms with Crippen LogP contribution in [0.3, 0.4) is 0 Å². The van der Waals surface area contributed by atoms with Crippen molar-refractivity contribution in [3.8, 4) is 0 Å². The van der Waals surface area contributed by atoms with E-state index in [0.717, 1.165) is 43.0 Å². The van der Waals surface area contributed by atoms with E-state index < -0.39 is 0 Å². The van der Waals surface area contributed by atoms with E-state index in [2.05, 4.69) is 21.2 Å². The fourth-order valence-electron chi connectivity index (χ4n) is 3.11. The smallest absolute Gasteiger partial charge is 0.227 e. The highest BCUT2D eigenvalue weighted by Gasteiger charge is 2.30. The number of benzene rings is 1. The molecule has 1 N–H and O–H groups in total. The number of amides is 1. The number of aromatic amines is 1. The molecule has 1 aliphatic heterocycles. The van der Waals surface area contributed by atoms with Gasteiger partial charge in [0.1, 0.15) is 5.82 Å². The molecular weight excluding hydrogens is 276 g/mol. The van der Waals surface area contributed by atoms with E-state index in [-0.39, 0.29) is 11.9 Å². The Bertz CT molecular complexity index is 664. The lowest BCUT2D eigenvalue weighted by atomic mass is 10.00. The van der Waals surface area contributed by atoms with E-state index in [1.54, 1.807) is 0 Å². The Balaban J connectivity index is 1.76. The van der Waals surface area contributed by atoms with Gasteiger partial charge in [0, 0.05) is 6.54 Å². The fraction of sp³-hybridized carbons (Fsp3) is 0.471. The first-order valence-electron chi connectivity index (χ1n) is 7.87. The van der Waals surface area contributed by atoms with Crippen LogP contribution in [0.4, 0.5) is 0 Å². The number of aromatic nitrogens is 3. The van der Waals surface area contributed by atoms with Crippen LogP contribution in [0, 0.1) is 13.8 Å². The predicted molar refractivity (Wildman–Crippen MR) is 84.3 cm³/mol. The van der Waals surface area contributed by atoms with Gasteiger partial charge in [0.25, 0.3) is 0 Å². The van der Waals surface area contributed by atoms with Crippen molar-refractivity contribution in [3.05, 3.63) is 47.0 Å². The van der Waals surface area contributed by atoms with Crippen LogP contribution >= 0.6 is 0 Å². The van der Waals surface area contributed by atoms with Gasteiger partial charge in [-0.15, -0.1) is 0 Å². The van der Waals surface area contributed by atoms with E-state index in [1.807, 2.05) is 36.9 Å². The molecule has 2 aromatic rings. The van der Waals surface area contributed by atoms with Crippen molar-refractivity contribution in [3.63, 3.8) is 0 Å². The van der Waals surface area contributed by atoms with Crippen molar-refractivity contribution in [2.24, 2.45) is 0 Å². The number of hydrogen-bond donors (Lipinski definition) is 1. The topological polar surface area (TPSA) is 61.9 Å². The van der Waals surface area contributed by atoms with Crippen LogP contribution in [-0.4, -0.2) is 32.5 Å². The number of H-pyrrole nitrogens is 1. The van der Waals surface area contributed by atoms with E-state index in [9.17, 15) is 4.79 Å². The number of rotatable bonds is 3. The average Bonchev–Trinajstić information content (AvgIpc) is 2.94. The van der Waals surface area contributed by atoms with E-state index in [0.29, 0.717) is 6.42 Å². The monoisotopic (exact) mass is 298 g/mol. The van der Waals surface area contributed by atoms with Gasteiger partial charge in [0.15, 0.2) is 5.82 Å². The Morgan fingerprint density at radius 1 is 1.36 bits per heavy atom. The third-order valence-electron chi connectivity index (χ3n) is 4.17. The molecule has 0 aliphatic carbocycles. The van der Waals surface area contributed by atoms with Crippen molar-refractivity contribution in [2.45, 2.75) is 45.6 Å². The van der Waals surface area contributed by atoms with Crippen LogP contribution in [0.1, 0.15) is 48.1 Å². The van der Waals surface area contributed by atoms with Crippen LogP contribution in [0.2, 0.25) is 0 Å². The second kappa shape index (κ2) is 6.30. The molecule has 1 saturated heterocycles. The van der Waals surface area contributed by atoms with Crippen molar-refractivity contribution >= 4 is 5.91 Å². The molecule has 0 saturated carbocycles. The Kier molecular flexibility index (Phi) is 4.22. The highest BCUT2D eigenvalue weighted by Crippen LogP contribution is 2.29. The zero-order valence-electron chi connectivity index (χ0n) is 13.2. The SMILES string of the molecule is Cc1cccc(CC(=O)N2CCCCC2c2n[nH]c(C)n2)c1. The molecule has 1 unspecified atom stereocenters. The Morgan fingerprint density at radius 3 is 2.95 bits per heavy atom. The Hall–Kier alpha value is -2.17. The van der Waals surface area contributed by atoms with Gasteiger partial charge in [0.2, 0.25) is 5.91 Å². The first-order chi connectivity index (χ1) is 10.6. The van der Waals surface area contributed by atoms with Crippen molar-refractivity contribution < 1.29 is 4.79 Å². The predicted octanol–water partition coefficient (Wildman–Crippen LogP) is 2.72. The van der Waals surface area contributed by atoms with Crippen LogP contribution in [0.25, 0.3) is 0 Å². The van der Waals surface area contributed by atoms with Crippen LogP contribution in [0.15, 0.2) is 24.3 Å². The zero-order chi connectivity index (χ0) is 15.5. The van der Waals surface area contributed by atoms with Gasteiger partial charge in [-0.2, -0.15) is 5.10 Å². The van der Waals surface area contributed by atoms with Crippen LogP contribution < -0.4 is 0 Å². The summed E-state index contributed by atoms with van der Waals surface area (Å²) in [6.45, 7) is 4.73. The minimum atomic E-state index is 0.0102. The molecule has 1 aromatic heterocycles. The van der Waals surface area contributed by atoms with E-state index in [1.165, 1.54) is 5.56 Å². The fourth-order valence-corrected chi connectivity index (χ4v) is 3.11. The number of nitrogens with one attached hydrogen (secondary N) is 1. The summed E-state index contributed by atoms with van der Waals surface area (Å²) in [7, 11) is 0. The quantitative estimate of drug-likeness (QED) is 0.947. The second-order valence-corrected chi connectivity index (χ2v) is 6.04. The standard InChI is InChI=1S/C17H22N4O/c1-12-6-5-7-14(10-12)11-16(22)21-9-4-3-8-15(21)17-18-13(2)19-20-17/h5-7,10,15H,3-4,8-9,11H2,1-2H3,(H,18,19,20). The van der Waals surface area contributed by atoms with Gasteiger partial charge < -0.3 is 4.90 Å². The summed E-state index contributed by atoms with van der Waals surface area (Å²) < 4.78 is 0. The number of likely N-dealkylation sites (tertiary alicyclic amines) is 1. The summed E-state index contributed by atoms with van der Waals surface area (Å²) in [4.78, 5) is 19.1. The summed E-state index contributed by atoms with van der Waals surface area (Å²) in [5, 5.41) is 7.15. The molecular formula is C17H22N4O. The molecule has 1 atom stereocenters. The van der Waals surface area contributed by atoms with E-state index in [4.69, 9.17) is 0 Å². The lowest BCUT2D eigenvalue weighted by Gasteiger charge is -2.34. The number of piperidine rings is 1. The highest BCUT2D eigenvalue weighted by molar-refractivity contribution is 5.79. The maximum absolute atomic E-state index is 12.7. The van der Waals surface area contributed by atoms with Crippen LogP contribution in [-0.2, 0) is 11.2 Å². The third-order valence-corrected chi connectivity index (χ3v) is 4.17. The van der Waals surface area contributed by atoms with Gasteiger partial charge >= 0.3 is 0 Å². The van der Waals surface area contributed by atoms with Gasteiger partial charge in [-0.3, -0.25) is 9.89 Å². The second-order valence-electron chi connectivity index (χ2n) is 6.04. The summed E-state index contributed by atoms with van der Waals surface area (Å²) in [5.74, 6) is 1.71. The normalized spacial score (nSPS) is 18.5. The zero-order valence-corrected chi connectivity index (χ0v) is 13.2.